The number of nitrogens with two attached hydrogens (primary N) is 1. The molecule has 0 radical (unpaired) electrons. The average molecular weight is 274 g/mol. The fraction of sp³-hybridized carbons (Fsp3) is 0.455. The molecular formula is C11H16ClN3OS. The summed E-state index contributed by atoms with van der Waals surface area (Å²) in [7, 11) is 0. The third-order valence-corrected chi connectivity index (χ3v) is 3.17. The highest BCUT2D eigenvalue weighted by Crippen LogP contribution is 2.21. The summed E-state index contributed by atoms with van der Waals surface area (Å²) in [6.45, 7) is 0.754. The molecule has 0 spiro atoms. The second kappa shape index (κ2) is 7.42. The third-order valence-electron chi connectivity index (χ3n) is 2.30. The smallest absolute Gasteiger partial charge is 0.226 e. The Bertz CT molecular complexity index is 416. The van der Waals surface area contributed by atoms with Crippen LogP contribution in [0.15, 0.2) is 22.0 Å². The van der Waals surface area contributed by atoms with Crippen molar-refractivity contribution >= 4 is 23.7 Å². The van der Waals surface area contributed by atoms with Gasteiger partial charge in [0.1, 0.15) is 0 Å². The van der Waals surface area contributed by atoms with Crippen LogP contribution < -0.4 is 5.73 Å². The molecule has 0 saturated heterocycles. The van der Waals surface area contributed by atoms with Crippen LogP contribution in [0.1, 0.15) is 25.2 Å². The molecule has 0 atom stereocenters. The Kier molecular flexibility index (Phi) is 6.18. The normalized spacial score (nSPS) is 10.2. The topological polar surface area (TPSA) is 64.9 Å². The van der Waals surface area contributed by atoms with Crippen LogP contribution in [0.25, 0.3) is 10.7 Å². The Labute approximate surface area is 111 Å². The summed E-state index contributed by atoms with van der Waals surface area (Å²) in [5.74, 6) is 1.42. The Hall–Kier alpha value is -0.910. The number of nitrogens with zero attached hydrogens (tertiary/aromatic N) is 2. The summed E-state index contributed by atoms with van der Waals surface area (Å²) in [6, 6.07) is 3.98. The highest BCUT2D eigenvalue weighted by molar-refractivity contribution is 7.13. The minimum atomic E-state index is 0. The highest BCUT2D eigenvalue weighted by Gasteiger charge is 2.08. The van der Waals surface area contributed by atoms with Crippen LogP contribution in [0.3, 0.4) is 0 Å². The van der Waals surface area contributed by atoms with Crippen molar-refractivity contribution in [2.75, 3.05) is 6.54 Å². The lowest BCUT2D eigenvalue weighted by molar-refractivity contribution is 0.374. The Balaban J connectivity index is 0.00000144. The molecule has 0 saturated carbocycles. The average Bonchev–Trinajstić information content (AvgIpc) is 2.94. The zero-order valence-corrected chi connectivity index (χ0v) is 11.1. The van der Waals surface area contributed by atoms with E-state index < -0.39 is 0 Å². The minimum Gasteiger partial charge on any atom is -0.339 e. The van der Waals surface area contributed by atoms with Crippen molar-refractivity contribution in [3.63, 3.8) is 0 Å². The van der Waals surface area contributed by atoms with Gasteiger partial charge >= 0.3 is 0 Å². The second-order valence-electron chi connectivity index (χ2n) is 3.59. The van der Waals surface area contributed by atoms with Crippen molar-refractivity contribution in [2.24, 2.45) is 5.73 Å². The van der Waals surface area contributed by atoms with Crippen LogP contribution in [-0.2, 0) is 6.42 Å². The van der Waals surface area contributed by atoms with E-state index in [1.807, 2.05) is 17.5 Å². The van der Waals surface area contributed by atoms with Gasteiger partial charge in [0.05, 0.1) is 4.88 Å². The number of unbranched alkanes of at least 4 members (excludes halogenated alkanes) is 2. The molecule has 0 amide bonds. The van der Waals surface area contributed by atoms with Crippen LogP contribution in [0.4, 0.5) is 0 Å². The van der Waals surface area contributed by atoms with Crippen LogP contribution in [0.5, 0.6) is 0 Å². The molecule has 0 unspecified atom stereocenters. The molecular weight excluding hydrogens is 258 g/mol. The monoisotopic (exact) mass is 273 g/mol. The van der Waals surface area contributed by atoms with Crippen LogP contribution in [0.2, 0.25) is 0 Å². The number of hydrogen-bond donors (Lipinski definition) is 1. The van der Waals surface area contributed by atoms with Crippen molar-refractivity contribution in [1.29, 1.82) is 0 Å². The number of aromatic nitrogens is 2. The number of halogens is 1. The zero-order chi connectivity index (χ0) is 11.2. The van der Waals surface area contributed by atoms with Gasteiger partial charge in [-0.3, -0.25) is 0 Å². The van der Waals surface area contributed by atoms with Gasteiger partial charge in [-0.2, -0.15) is 4.98 Å². The maximum atomic E-state index is 5.43. The lowest BCUT2D eigenvalue weighted by Gasteiger charge is -1.93. The Morgan fingerprint density at radius 2 is 2.18 bits per heavy atom. The van der Waals surface area contributed by atoms with E-state index in [9.17, 15) is 0 Å². The van der Waals surface area contributed by atoms with Gasteiger partial charge in [-0.1, -0.05) is 17.6 Å². The molecule has 94 valence electrons. The molecule has 0 aliphatic rings. The lowest BCUT2D eigenvalue weighted by Crippen LogP contribution is -1.98. The number of rotatable bonds is 6. The van der Waals surface area contributed by atoms with E-state index >= 15 is 0 Å². The van der Waals surface area contributed by atoms with Crippen molar-refractivity contribution in [1.82, 2.24) is 10.1 Å². The number of hydrogen-bond acceptors (Lipinski definition) is 5. The molecule has 2 heterocycles. The van der Waals surface area contributed by atoms with Crippen molar-refractivity contribution in [2.45, 2.75) is 25.7 Å². The van der Waals surface area contributed by atoms with Gasteiger partial charge in [0, 0.05) is 6.42 Å². The van der Waals surface area contributed by atoms with Gasteiger partial charge < -0.3 is 10.3 Å². The Morgan fingerprint density at radius 3 is 2.88 bits per heavy atom. The predicted molar refractivity (Wildman–Crippen MR) is 71.5 cm³/mol. The number of aryl methyl sites for hydroxylation is 1. The van der Waals surface area contributed by atoms with Gasteiger partial charge in [-0.25, -0.2) is 0 Å². The van der Waals surface area contributed by atoms with E-state index in [0.717, 1.165) is 43.0 Å². The van der Waals surface area contributed by atoms with E-state index in [4.69, 9.17) is 10.3 Å². The first-order valence-corrected chi connectivity index (χ1v) is 6.34. The lowest BCUT2D eigenvalue weighted by atomic mass is 10.2. The highest BCUT2D eigenvalue weighted by atomic mass is 35.5. The first kappa shape index (κ1) is 14.2. The van der Waals surface area contributed by atoms with Crippen LogP contribution >= 0.6 is 23.7 Å². The molecule has 0 aliphatic heterocycles. The van der Waals surface area contributed by atoms with Gasteiger partial charge in [0.15, 0.2) is 0 Å². The summed E-state index contributed by atoms with van der Waals surface area (Å²) < 4.78 is 5.18. The molecule has 2 aromatic heterocycles. The molecule has 2 N–H and O–H groups in total. The second-order valence-corrected chi connectivity index (χ2v) is 4.54. The van der Waals surface area contributed by atoms with Crippen LogP contribution in [-0.4, -0.2) is 16.7 Å². The predicted octanol–water partition coefficient (Wildman–Crippen LogP) is 2.89. The molecule has 17 heavy (non-hydrogen) atoms. The fourth-order valence-corrected chi connectivity index (χ4v) is 2.11. The molecule has 6 heteroatoms. The minimum absolute atomic E-state index is 0. The fourth-order valence-electron chi connectivity index (χ4n) is 1.46. The van der Waals surface area contributed by atoms with Crippen molar-refractivity contribution < 1.29 is 4.52 Å². The quantitative estimate of drug-likeness (QED) is 0.822. The van der Waals surface area contributed by atoms with Gasteiger partial charge in [-0.15, -0.1) is 23.7 Å². The maximum Gasteiger partial charge on any atom is 0.226 e. The van der Waals surface area contributed by atoms with Gasteiger partial charge in [-0.05, 0) is 30.8 Å². The molecule has 0 fully saturated rings. The van der Waals surface area contributed by atoms with Gasteiger partial charge in [0.2, 0.25) is 11.7 Å². The van der Waals surface area contributed by atoms with Crippen LogP contribution in [0, 0.1) is 0 Å². The molecule has 2 rings (SSSR count). The molecule has 2 aromatic rings. The van der Waals surface area contributed by atoms with Crippen molar-refractivity contribution in [3.05, 3.63) is 23.4 Å². The summed E-state index contributed by atoms with van der Waals surface area (Å²) >= 11 is 1.62. The Morgan fingerprint density at radius 1 is 1.29 bits per heavy atom. The van der Waals surface area contributed by atoms with E-state index in [0.29, 0.717) is 5.82 Å². The van der Waals surface area contributed by atoms with E-state index in [1.165, 1.54) is 0 Å². The maximum absolute atomic E-state index is 5.43. The zero-order valence-electron chi connectivity index (χ0n) is 9.46. The summed E-state index contributed by atoms with van der Waals surface area (Å²) in [4.78, 5) is 5.40. The van der Waals surface area contributed by atoms with E-state index in [1.54, 1.807) is 11.3 Å². The first-order valence-electron chi connectivity index (χ1n) is 5.46. The van der Waals surface area contributed by atoms with E-state index in [-0.39, 0.29) is 12.4 Å². The standard InChI is InChI=1S/C11H15N3OS.ClH/c12-7-3-1-2-6-10-13-11(14-15-10)9-5-4-8-16-9;/h4-5,8H,1-3,6-7,12H2;1H. The van der Waals surface area contributed by atoms with Crippen molar-refractivity contribution in [3.8, 4) is 10.7 Å². The first-order chi connectivity index (χ1) is 7.90. The molecule has 0 aliphatic carbocycles. The summed E-state index contributed by atoms with van der Waals surface area (Å²) in [5.41, 5.74) is 5.43. The van der Waals surface area contributed by atoms with E-state index in [2.05, 4.69) is 10.1 Å². The molecule has 0 bridgehead atoms. The summed E-state index contributed by atoms with van der Waals surface area (Å²) in [5, 5.41) is 5.96. The van der Waals surface area contributed by atoms with Gasteiger partial charge in [0.25, 0.3) is 0 Å². The number of thiophene rings is 1. The molecule has 0 aromatic carbocycles. The third kappa shape index (κ3) is 4.11. The largest absolute Gasteiger partial charge is 0.339 e. The summed E-state index contributed by atoms with van der Waals surface area (Å²) in [6.07, 6.45) is 4.08. The SMILES string of the molecule is Cl.NCCCCCc1nc(-c2cccs2)no1. The molecule has 4 nitrogen and oxygen atoms in total.